The fraction of sp³-hybridized carbons (Fsp3) is 0.312. The third-order valence-electron chi connectivity index (χ3n) is 2.34. The van der Waals surface area contributed by atoms with E-state index in [-0.39, 0.29) is 5.78 Å². The summed E-state index contributed by atoms with van der Waals surface area (Å²) in [6.45, 7) is 6.07. The Balaban J connectivity index is 2.60. The lowest BCUT2D eigenvalue weighted by molar-refractivity contribution is -0.115. The van der Waals surface area contributed by atoms with E-state index in [4.69, 9.17) is 0 Å². The Morgan fingerprint density at radius 3 is 2.47 bits per heavy atom. The number of hydrogen-bond donors (Lipinski definition) is 0. The van der Waals surface area contributed by atoms with Crippen molar-refractivity contribution in [3.05, 3.63) is 53.6 Å². The minimum atomic E-state index is 0.204. The van der Waals surface area contributed by atoms with Crippen LogP contribution in [0.25, 0.3) is 6.08 Å². The third-order valence-corrected chi connectivity index (χ3v) is 2.34. The van der Waals surface area contributed by atoms with Crippen LogP contribution in [-0.2, 0) is 4.79 Å². The monoisotopic (exact) mass is 228 g/mol. The molecule has 0 heterocycles. The highest BCUT2D eigenvalue weighted by molar-refractivity contribution is 5.90. The molecular weight excluding hydrogens is 208 g/mol. The second-order valence-electron chi connectivity index (χ2n) is 4.70. The number of carbonyl (C=O) groups excluding carboxylic acids is 1. The minimum Gasteiger partial charge on any atom is -0.295 e. The summed E-state index contributed by atoms with van der Waals surface area (Å²) in [7, 11) is 0. The number of allylic oxidation sites excluding steroid dienone is 3. The van der Waals surface area contributed by atoms with Crippen LogP contribution in [0.3, 0.4) is 0 Å². The molecule has 1 aromatic rings. The average molecular weight is 228 g/mol. The van der Waals surface area contributed by atoms with E-state index in [1.165, 1.54) is 0 Å². The SMILES string of the molecule is CC(/C=C/c1ccccc1)=C\C(=O)CC(C)C. The Bertz CT molecular complexity index is 410. The summed E-state index contributed by atoms with van der Waals surface area (Å²) in [6, 6.07) is 10.1. The number of ketones is 1. The van der Waals surface area contributed by atoms with Crippen molar-refractivity contribution in [2.24, 2.45) is 5.92 Å². The van der Waals surface area contributed by atoms with Gasteiger partial charge in [0.2, 0.25) is 0 Å². The van der Waals surface area contributed by atoms with Gasteiger partial charge in [0, 0.05) is 6.42 Å². The lowest BCUT2D eigenvalue weighted by Gasteiger charge is -1.99. The first-order valence-corrected chi connectivity index (χ1v) is 6.02. The summed E-state index contributed by atoms with van der Waals surface area (Å²) in [6.07, 6.45) is 6.35. The molecule has 90 valence electrons. The Labute approximate surface area is 104 Å². The molecule has 1 aromatic carbocycles. The minimum absolute atomic E-state index is 0.204. The van der Waals surface area contributed by atoms with Gasteiger partial charge in [0.05, 0.1) is 0 Å². The van der Waals surface area contributed by atoms with Crippen LogP contribution in [0.1, 0.15) is 32.8 Å². The van der Waals surface area contributed by atoms with Gasteiger partial charge in [-0.15, -0.1) is 0 Å². The zero-order chi connectivity index (χ0) is 12.7. The van der Waals surface area contributed by atoms with Gasteiger partial charge in [-0.2, -0.15) is 0 Å². The van der Waals surface area contributed by atoms with Crippen molar-refractivity contribution < 1.29 is 4.79 Å². The molecule has 0 unspecified atom stereocenters. The molecule has 0 aromatic heterocycles. The second kappa shape index (κ2) is 6.85. The van der Waals surface area contributed by atoms with Crippen LogP contribution < -0.4 is 0 Å². The normalized spacial score (nSPS) is 12.4. The lowest BCUT2D eigenvalue weighted by atomic mass is 10.1. The van der Waals surface area contributed by atoms with Crippen molar-refractivity contribution >= 4 is 11.9 Å². The Morgan fingerprint density at radius 2 is 1.88 bits per heavy atom. The molecule has 1 heteroatoms. The van der Waals surface area contributed by atoms with Gasteiger partial charge in [-0.05, 0) is 30.1 Å². The standard InChI is InChI=1S/C16H20O/c1-13(2)11-16(17)12-14(3)9-10-15-7-5-4-6-8-15/h4-10,12-13H,11H2,1-3H3/b10-9+,14-12+. The molecule has 0 aliphatic rings. The van der Waals surface area contributed by atoms with Crippen molar-refractivity contribution in [2.45, 2.75) is 27.2 Å². The smallest absolute Gasteiger partial charge is 0.156 e. The third kappa shape index (κ3) is 5.86. The number of hydrogen-bond acceptors (Lipinski definition) is 1. The van der Waals surface area contributed by atoms with Crippen molar-refractivity contribution in [2.75, 3.05) is 0 Å². The first-order valence-electron chi connectivity index (χ1n) is 6.02. The van der Waals surface area contributed by atoms with E-state index in [2.05, 4.69) is 13.8 Å². The highest BCUT2D eigenvalue weighted by Gasteiger charge is 2.01. The molecule has 0 aliphatic carbocycles. The van der Waals surface area contributed by atoms with E-state index < -0.39 is 0 Å². The molecule has 1 rings (SSSR count). The van der Waals surface area contributed by atoms with E-state index in [1.807, 2.05) is 49.4 Å². The maximum atomic E-state index is 11.6. The second-order valence-corrected chi connectivity index (χ2v) is 4.70. The quantitative estimate of drug-likeness (QED) is 0.543. The Hall–Kier alpha value is -1.63. The molecular formula is C16H20O. The fourth-order valence-corrected chi connectivity index (χ4v) is 1.56. The number of carbonyl (C=O) groups is 1. The maximum absolute atomic E-state index is 11.6. The zero-order valence-electron chi connectivity index (χ0n) is 10.8. The molecule has 0 radical (unpaired) electrons. The van der Waals surface area contributed by atoms with Gasteiger partial charge in [0.25, 0.3) is 0 Å². The molecule has 0 aliphatic heterocycles. The largest absolute Gasteiger partial charge is 0.295 e. The molecule has 1 nitrogen and oxygen atoms in total. The maximum Gasteiger partial charge on any atom is 0.156 e. The highest BCUT2D eigenvalue weighted by atomic mass is 16.1. The van der Waals surface area contributed by atoms with Crippen LogP contribution in [0.5, 0.6) is 0 Å². The van der Waals surface area contributed by atoms with Crippen LogP contribution in [0.15, 0.2) is 48.1 Å². The van der Waals surface area contributed by atoms with E-state index in [0.29, 0.717) is 12.3 Å². The molecule has 0 saturated carbocycles. The number of benzene rings is 1. The molecule has 0 fully saturated rings. The average Bonchev–Trinajstić information content (AvgIpc) is 2.26. The van der Waals surface area contributed by atoms with Crippen LogP contribution in [-0.4, -0.2) is 5.78 Å². The van der Waals surface area contributed by atoms with Gasteiger partial charge in [-0.3, -0.25) is 4.79 Å². The highest BCUT2D eigenvalue weighted by Crippen LogP contribution is 2.07. The molecule has 0 bridgehead atoms. The molecule has 0 N–H and O–H groups in total. The lowest BCUT2D eigenvalue weighted by Crippen LogP contribution is -1.99. The van der Waals surface area contributed by atoms with E-state index in [1.54, 1.807) is 6.08 Å². The predicted octanol–water partition coefficient (Wildman–Crippen LogP) is 4.26. The van der Waals surface area contributed by atoms with Gasteiger partial charge < -0.3 is 0 Å². The van der Waals surface area contributed by atoms with Crippen molar-refractivity contribution in [3.8, 4) is 0 Å². The Morgan fingerprint density at radius 1 is 1.24 bits per heavy atom. The molecule has 0 spiro atoms. The summed E-state index contributed by atoms with van der Waals surface area (Å²) in [5.74, 6) is 0.625. The van der Waals surface area contributed by atoms with Gasteiger partial charge in [0.15, 0.2) is 5.78 Å². The van der Waals surface area contributed by atoms with Crippen LogP contribution in [0.4, 0.5) is 0 Å². The summed E-state index contributed by atoms with van der Waals surface area (Å²) in [5, 5.41) is 0. The zero-order valence-corrected chi connectivity index (χ0v) is 10.8. The summed E-state index contributed by atoms with van der Waals surface area (Å²) in [4.78, 5) is 11.6. The first-order chi connectivity index (χ1) is 8.08. The van der Waals surface area contributed by atoms with Crippen molar-refractivity contribution in [1.82, 2.24) is 0 Å². The first kappa shape index (κ1) is 13.4. The van der Waals surface area contributed by atoms with E-state index in [9.17, 15) is 4.79 Å². The van der Waals surface area contributed by atoms with Crippen LogP contribution in [0.2, 0.25) is 0 Å². The van der Waals surface area contributed by atoms with Crippen molar-refractivity contribution in [1.29, 1.82) is 0 Å². The van der Waals surface area contributed by atoms with Crippen LogP contribution in [0, 0.1) is 5.92 Å². The molecule has 0 amide bonds. The van der Waals surface area contributed by atoms with E-state index >= 15 is 0 Å². The topological polar surface area (TPSA) is 17.1 Å². The summed E-state index contributed by atoms with van der Waals surface area (Å²) < 4.78 is 0. The van der Waals surface area contributed by atoms with Crippen LogP contribution >= 0.6 is 0 Å². The van der Waals surface area contributed by atoms with E-state index in [0.717, 1.165) is 11.1 Å². The van der Waals surface area contributed by atoms with Gasteiger partial charge >= 0.3 is 0 Å². The molecule has 0 saturated heterocycles. The number of rotatable bonds is 5. The Kier molecular flexibility index (Phi) is 5.41. The van der Waals surface area contributed by atoms with Gasteiger partial charge in [-0.25, -0.2) is 0 Å². The predicted molar refractivity (Wildman–Crippen MR) is 73.7 cm³/mol. The summed E-state index contributed by atoms with van der Waals surface area (Å²) in [5.41, 5.74) is 2.15. The fourth-order valence-electron chi connectivity index (χ4n) is 1.56. The molecule has 0 atom stereocenters. The van der Waals surface area contributed by atoms with Crippen molar-refractivity contribution in [3.63, 3.8) is 0 Å². The van der Waals surface area contributed by atoms with Gasteiger partial charge in [0.1, 0.15) is 0 Å². The van der Waals surface area contributed by atoms with Gasteiger partial charge in [-0.1, -0.05) is 56.3 Å². The summed E-state index contributed by atoms with van der Waals surface area (Å²) >= 11 is 0. The molecule has 17 heavy (non-hydrogen) atoms.